The Morgan fingerprint density at radius 2 is 1.06 bits per heavy atom. The van der Waals surface area contributed by atoms with E-state index in [1.807, 2.05) is 88.7 Å². The van der Waals surface area contributed by atoms with Crippen LogP contribution in [0.4, 0.5) is 0 Å². The van der Waals surface area contributed by atoms with Crippen LogP contribution < -0.4 is 0 Å². The normalized spacial score (nSPS) is 24.8. The zero-order chi connectivity index (χ0) is 23.8. The Morgan fingerprint density at radius 3 is 1.47 bits per heavy atom. The Labute approximate surface area is 219 Å². The van der Waals surface area contributed by atoms with Gasteiger partial charge < -0.3 is 20.0 Å². The fourth-order valence-electron chi connectivity index (χ4n) is 4.41. The third-order valence-electron chi connectivity index (χ3n) is 6.27. The first kappa shape index (κ1) is 23.8. The first-order valence-corrected chi connectivity index (χ1v) is 13.7. The van der Waals surface area contributed by atoms with E-state index >= 15 is 0 Å². The van der Waals surface area contributed by atoms with Gasteiger partial charge in [-0.25, -0.2) is 0 Å². The molecule has 2 saturated heterocycles. The molecule has 2 heterocycles. The average molecular weight is 525 g/mol. The summed E-state index contributed by atoms with van der Waals surface area (Å²) in [6.07, 6.45) is 0. The van der Waals surface area contributed by atoms with Crippen molar-refractivity contribution in [3.05, 3.63) is 107 Å². The molecule has 0 aromatic heterocycles. The lowest BCUT2D eigenvalue weighted by Gasteiger charge is -2.35. The molecule has 0 aliphatic carbocycles. The Kier molecular flexibility index (Phi) is 6.72. The Balaban J connectivity index is 1.39. The molecular weight excluding hydrogens is 501 g/mol. The van der Waals surface area contributed by atoms with Crippen molar-refractivity contribution in [1.82, 2.24) is 9.80 Å². The minimum absolute atomic E-state index is 0.493. The van der Waals surface area contributed by atoms with E-state index in [0.29, 0.717) is 33.2 Å². The second-order valence-corrected chi connectivity index (χ2v) is 11.7. The van der Waals surface area contributed by atoms with Crippen molar-refractivity contribution in [3.63, 3.8) is 0 Å². The van der Waals surface area contributed by atoms with Crippen LogP contribution >= 0.6 is 48.0 Å². The highest BCUT2D eigenvalue weighted by Gasteiger charge is 2.45. The largest absolute Gasteiger partial charge is 0.366 e. The maximum atomic E-state index is 11.5. The van der Waals surface area contributed by atoms with Crippen LogP contribution in [0.25, 0.3) is 0 Å². The van der Waals surface area contributed by atoms with Crippen molar-refractivity contribution < 1.29 is 10.2 Å². The second-order valence-electron chi connectivity index (χ2n) is 8.47. The Hall–Kier alpha value is -1.94. The number of rotatable bonds is 6. The van der Waals surface area contributed by atoms with E-state index in [2.05, 4.69) is 6.07 Å². The van der Waals surface area contributed by atoms with Crippen molar-refractivity contribution >= 4 is 56.6 Å². The van der Waals surface area contributed by atoms with Crippen molar-refractivity contribution in [1.29, 1.82) is 0 Å². The molecule has 2 fully saturated rings. The maximum absolute atomic E-state index is 11.5. The van der Waals surface area contributed by atoms with Gasteiger partial charge in [-0.3, -0.25) is 0 Å². The standard InChI is InChI=1S/C26H24N2O2S4/c29-25(21-10-3-1-4-11-21)17-33-23(31)27(25)15-19-8-7-9-20(14-19)16-28-24(32)34-18-26(28,30)22-12-5-2-6-13-22/h1-14,29-30H,15-18H2. The summed E-state index contributed by atoms with van der Waals surface area (Å²) >= 11 is 14.2. The minimum atomic E-state index is -1.14. The molecule has 2 N–H and O–H groups in total. The summed E-state index contributed by atoms with van der Waals surface area (Å²) in [6, 6.07) is 27.6. The predicted octanol–water partition coefficient (Wildman–Crippen LogP) is 5.04. The van der Waals surface area contributed by atoms with Crippen LogP contribution in [0.15, 0.2) is 84.9 Å². The Morgan fingerprint density at radius 1 is 0.647 bits per heavy atom. The van der Waals surface area contributed by atoms with E-state index in [1.165, 1.54) is 23.5 Å². The van der Waals surface area contributed by atoms with Gasteiger partial charge in [-0.1, -0.05) is 133 Å². The van der Waals surface area contributed by atoms with E-state index in [-0.39, 0.29) is 0 Å². The number of hydrogen-bond acceptors (Lipinski definition) is 6. The third-order valence-corrected chi connectivity index (χ3v) is 9.45. The summed E-state index contributed by atoms with van der Waals surface area (Å²) in [5.41, 5.74) is 1.48. The first-order chi connectivity index (χ1) is 16.4. The summed E-state index contributed by atoms with van der Waals surface area (Å²) in [5, 5.41) is 23.1. The highest BCUT2D eigenvalue weighted by Crippen LogP contribution is 2.41. The van der Waals surface area contributed by atoms with Gasteiger partial charge in [-0.05, 0) is 11.1 Å². The molecule has 3 aromatic carbocycles. The summed E-state index contributed by atoms with van der Waals surface area (Å²) in [6.45, 7) is 0.987. The van der Waals surface area contributed by atoms with Crippen LogP contribution in [0.3, 0.4) is 0 Å². The van der Waals surface area contributed by atoms with Gasteiger partial charge in [-0.2, -0.15) is 0 Å². The summed E-state index contributed by atoms with van der Waals surface area (Å²) in [7, 11) is 0. The fourth-order valence-corrected chi connectivity index (χ4v) is 7.23. The van der Waals surface area contributed by atoms with Gasteiger partial charge in [0.2, 0.25) is 0 Å². The molecule has 0 radical (unpaired) electrons. The lowest BCUT2D eigenvalue weighted by molar-refractivity contribution is -0.0513. The number of benzene rings is 3. The molecule has 34 heavy (non-hydrogen) atoms. The smallest absolute Gasteiger partial charge is 0.175 e. The van der Waals surface area contributed by atoms with Gasteiger partial charge in [0.25, 0.3) is 0 Å². The molecule has 2 unspecified atom stereocenters. The van der Waals surface area contributed by atoms with Crippen LogP contribution in [-0.4, -0.2) is 40.2 Å². The molecule has 2 aliphatic heterocycles. The fraction of sp³-hybridized carbons (Fsp3) is 0.231. The molecule has 4 nitrogen and oxygen atoms in total. The van der Waals surface area contributed by atoms with Crippen LogP contribution in [0.2, 0.25) is 0 Å². The molecular formula is C26H24N2O2S4. The number of thioether (sulfide) groups is 2. The average Bonchev–Trinajstić information content (AvgIpc) is 3.32. The quantitative estimate of drug-likeness (QED) is 0.435. The number of nitrogens with zero attached hydrogens (tertiary/aromatic N) is 2. The topological polar surface area (TPSA) is 46.9 Å². The van der Waals surface area contributed by atoms with Gasteiger partial charge in [-0.15, -0.1) is 0 Å². The molecule has 3 aromatic rings. The van der Waals surface area contributed by atoms with Crippen molar-refractivity contribution in [3.8, 4) is 0 Å². The van der Waals surface area contributed by atoms with E-state index < -0.39 is 11.4 Å². The van der Waals surface area contributed by atoms with Gasteiger partial charge >= 0.3 is 0 Å². The van der Waals surface area contributed by atoms with Gasteiger partial charge in [0.05, 0.1) is 11.5 Å². The van der Waals surface area contributed by atoms with Gasteiger partial charge in [0, 0.05) is 24.2 Å². The monoisotopic (exact) mass is 524 g/mol. The highest BCUT2D eigenvalue weighted by atomic mass is 32.2. The minimum Gasteiger partial charge on any atom is -0.366 e. The molecule has 0 spiro atoms. The van der Waals surface area contributed by atoms with Crippen LogP contribution in [0.5, 0.6) is 0 Å². The zero-order valence-electron chi connectivity index (χ0n) is 18.3. The Bertz CT molecular complexity index is 1120. The molecule has 0 saturated carbocycles. The lowest BCUT2D eigenvalue weighted by Crippen LogP contribution is -2.44. The van der Waals surface area contributed by atoms with Crippen molar-refractivity contribution in [2.45, 2.75) is 24.5 Å². The molecule has 5 rings (SSSR count). The zero-order valence-corrected chi connectivity index (χ0v) is 21.6. The third kappa shape index (κ3) is 4.39. The van der Waals surface area contributed by atoms with E-state index in [4.69, 9.17) is 24.4 Å². The predicted molar refractivity (Wildman–Crippen MR) is 148 cm³/mol. The van der Waals surface area contributed by atoms with Gasteiger partial charge in [0.15, 0.2) is 11.4 Å². The molecule has 8 heteroatoms. The summed E-state index contributed by atoms with van der Waals surface area (Å²) in [4.78, 5) is 3.80. The molecule has 2 aliphatic rings. The van der Waals surface area contributed by atoms with Crippen LogP contribution in [0.1, 0.15) is 22.3 Å². The molecule has 0 amide bonds. The van der Waals surface area contributed by atoms with Crippen LogP contribution in [0, 0.1) is 0 Å². The SMILES string of the molecule is OC1(c2ccccc2)CSC(=S)N1Cc1cccc(CN2C(=S)SCC2(O)c2ccccc2)c1. The van der Waals surface area contributed by atoms with Crippen molar-refractivity contribution in [2.24, 2.45) is 0 Å². The molecule has 2 atom stereocenters. The molecule has 174 valence electrons. The number of aliphatic hydroxyl groups is 2. The van der Waals surface area contributed by atoms with Crippen molar-refractivity contribution in [2.75, 3.05) is 11.5 Å². The number of thiocarbonyl (C=S) groups is 2. The lowest BCUT2D eigenvalue weighted by atomic mass is 10.0. The van der Waals surface area contributed by atoms with E-state index in [9.17, 15) is 10.2 Å². The van der Waals surface area contributed by atoms with E-state index in [0.717, 1.165) is 22.3 Å². The van der Waals surface area contributed by atoms with Gasteiger partial charge in [0.1, 0.15) is 8.64 Å². The summed E-state index contributed by atoms with van der Waals surface area (Å²) < 4.78 is 1.37. The highest BCUT2D eigenvalue weighted by molar-refractivity contribution is 8.23. The first-order valence-electron chi connectivity index (χ1n) is 10.9. The molecule has 0 bridgehead atoms. The van der Waals surface area contributed by atoms with E-state index in [1.54, 1.807) is 0 Å². The second kappa shape index (κ2) is 9.60. The number of hydrogen-bond donors (Lipinski definition) is 2. The summed E-state index contributed by atoms with van der Waals surface area (Å²) in [5.74, 6) is 0.998. The van der Waals surface area contributed by atoms with Crippen LogP contribution in [-0.2, 0) is 24.5 Å². The maximum Gasteiger partial charge on any atom is 0.175 e.